The first kappa shape index (κ1) is 19.3. The molecule has 1 N–H and O–H groups in total. The van der Waals surface area contributed by atoms with Gasteiger partial charge in [0.25, 0.3) is 5.91 Å². The summed E-state index contributed by atoms with van der Waals surface area (Å²) in [4.78, 5) is 31.5. The van der Waals surface area contributed by atoms with Crippen LogP contribution in [0.4, 0.5) is 0 Å². The smallest absolute Gasteiger partial charge is 0.252 e. The molecule has 0 unspecified atom stereocenters. The fraction of sp³-hybridized carbons (Fsp3) is 0.476. The minimum Gasteiger partial charge on any atom is -0.383 e. The number of pyridine rings is 1. The predicted octanol–water partition coefficient (Wildman–Crippen LogP) is 2.38. The number of nitrogens with one attached hydrogen (secondary N) is 1. The van der Waals surface area contributed by atoms with Crippen molar-refractivity contribution in [2.45, 2.75) is 27.2 Å². The lowest BCUT2D eigenvalue weighted by atomic mass is 9.99. The van der Waals surface area contributed by atoms with Gasteiger partial charge in [-0.1, -0.05) is 11.6 Å². The summed E-state index contributed by atoms with van der Waals surface area (Å²) in [6.45, 7) is 8.16. The van der Waals surface area contributed by atoms with Crippen molar-refractivity contribution >= 4 is 22.7 Å². The molecular weight excluding hydrogens is 342 g/mol. The summed E-state index contributed by atoms with van der Waals surface area (Å²) < 4.78 is 5.05. The Kier molecular flexibility index (Phi) is 5.75. The molecule has 1 aliphatic heterocycles. The van der Waals surface area contributed by atoms with Crippen LogP contribution in [0.2, 0.25) is 0 Å². The number of carbonyl (C=O) groups is 2. The van der Waals surface area contributed by atoms with E-state index in [0.717, 1.165) is 27.7 Å². The van der Waals surface area contributed by atoms with Crippen LogP contribution in [0.25, 0.3) is 10.9 Å². The number of rotatable bonds is 6. The highest BCUT2D eigenvalue weighted by Crippen LogP contribution is 2.24. The second-order valence-electron chi connectivity index (χ2n) is 7.33. The topological polar surface area (TPSA) is 71.5 Å². The molecule has 2 heterocycles. The van der Waals surface area contributed by atoms with Gasteiger partial charge in [0, 0.05) is 50.2 Å². The number of fused-ring (bicyclic) bond motifs is 1. The quantitative estimate of drug-likeness (QED) is 0.849. The van der Waals surface area contributed by atoms with E-state index in [1.807, 2.05) is 39.0 Å². The van der Waals surface area contributed by atoms with Crippen LogP contribution in [0.5, 0.6) is 0 Å². The molecule has 27 heavy (non-hydrogen) atoms. The van der Waals surface area contributed by atoms with Crippen LogP contribution < -0.4 is 5.32 Å². The summed E-state index contributed by atoms with van der Waals surface area (Å²) in [5, 5.41) is 3.92. The van der Waals surface area contributed by atoms with Crippen molar-refractivity contribution < 1.29 is 14.3 Å². The van der Waals surface area contributed by atoms with Crippen molar-refractivity contribution in [3.05, 3.63) is 40.6 Å². The van der Waals surface area contributed by atoms with E-state index in [0.29, 0.717) is 38.2 Å². The highest BCUT2D eigenvalue weighted by Gasteiger charge is 2.29. The van der Waals surface area contributed by atoms with E-state index < -0.39 is 0 Å². The van der Waals surface area contributed by atoms with Gasteiger partial charge in [-0.2, -0.15) is 0 Å². The molecule has 1 aromatic heterocycles. The Balaban J connectivity index is 1.74. The van der Waals surface area contributed by atoms with Crippen molar-refractivity contribution in [2.75, 3.05) is 33.4 Å². The summed E-state index contributed by atoms with van der Waals surface area (Å²) in [5.74, 6) is 0.161. The number of ether oxygens (including phenoxy) is 1. The van der Waals surface area contributed by atoms with Crippen LogP contribution in [-0.2, 0) is 9.53 Å². The molecule has 0 spiro atoms. The molecule has 1 aromatic carbocycles. The van der Waals surface area contributed by atoms with Gasteiger partial charge in [0.1, 0.15) is 0 Å². The molecule has 1 fully saturated rings. The summed E-state index contributed by atoms with van der Waals surface area (Å²) >= 11 is 0. The van der Waals surface area contributed by atoms with Crippen LogP contribution in [0.3, 0.4) is 0 Å². The number of hydrogen-bond acceptors (Lipinski definition) is 4. The largest absolute Gasteiger partial charge is 0.383 e. The highest BCUT2D eigenvalue weighted by atomic mass is 16.5. The Morgan fingerprint density at radius 3 is 2.85 bits per heavy atom. The Labute approximate surface area is 159 Å². The molecule has 1 saturated heterocycles. The minimum absolute atomic E-state index is 0.101. The Bertz CT molecular complexity index is 879. The molecule has 0 saturated carbocycles. The molecular formula is C21H27N3O3. The monoisotopic (exact) mass is 369 g/mol. The van der Waals surface area contributed by atoms with Crippen molar-refractivity contribution in [3.63, 3.8) is 0 Å². The van der Waals surface area contributed by atoms with Crippen LogP contribution in [0.1, 0.15) is 33.6 Å². The van der Waals surface area contributed by atoms with Crippen LogP contribution in [0, 0.1) is 26.7 Å². The highest BCUT2D eigenvalue weighted by molar-refractivity contribution is 6.07. The molecule has 1 aliphatic rings. The second kappa shape index (κ2) is 8.05. The van der Waals surface area contributed by atoms with E-state index in [2.05, 4.69) is 10.3 Å². The molecule has 0 bridgehead atoms. The van der Waals surface area contributed by atoms with Gasteiger partial charge < -0.3 is 15.0 Å². The number of amides is 2. The molecule has 3 rings (SSSR count). The van der Waals surface area contributed by atoms with Crippen LogP contribution >= 0.6 is 0 Å². The van der Waals surface area contributed by atoms with Crippen molar-refractivity contribution in [2.24, 2.45) is 5.92 Å². The van der Waals surface area contributed by atoms with Gasteiger partial charge in [0.05, 0.1) is 17.7 Å². The van der Waals surface area contributed by atoms with Crippen molar-refractivity contribution in [3.8, 4) is 0 Å². The average Bonchev–Trinajstić information content (AvgIpc) is 2.99. The third-order valence-corrected chi connectivity index (χ3v) is 5.27. The maximum atomic E-state index is 13.0. The van der Waals surface area contributed by atoms with Gasteiger partial charge in [0.2, 0.25) is 5.91 Å². The first-order valence-corrected chi connectivity index (χ1v) is 9.33. The van der Waals surface area contributed by atoms with Gasteiger partial charge in [-0.25, -0.2) is 0 Å². The zero-order valence-electron chi connectivity index (χ0n) is 16.5. The first-order valence-electron chi connectivity index (χ1n) is 9.33. The zero-order valence-corrected chi connectivity index (χ0v) is 16.5. The SMILES string of the molecule is COCCN1C[C@@H](CNC(=O)c2c(C)c(C)nc3ccc(C)cc23)CC1=O. The molecule has 0 radical (unpaired) electrons. The number of benzene rings is 1. The van der Waals surface area contributed by atoms with Gasteiger partial charge in [-0.3, -0.25) is 14.6 Å². The Hall–Kier alpha value is -2.47. The maximum Gasteiger partial charge on any atom is 0.252 e. The average molecular weight is 369 g/mol. The summed E-state index contributed by atoms with van der Waals surface area (Å²) in [6, 6.07) is 5.97. The molecule has 2 aromatic rings. The molecule has 0 aliphatic carbocycles. The lowest BCUT2D eigenvalue weighted by Gasteiger charge is -2.17. The minimum atomic E-state index is -0.101. The van der Waals surface area contributed by atoms with Gasteiger partial charge in [-0.05, 0) is 38.5 Å². The fourth-order valence-electron chi connectivity index (χ4n) is 3.62. The number of methoxy groups -OCH3 is 1. The number of aromatic nitrogens is 1. The number of aryl methyl sites for hydroxylation is 2. The lowest BCUT2D eigenvalue weighted by molar-refractivity contribution is -0.128. The molecule has 1 atom stereocenters. The summed E-state index contributed by atoms with van der Waals surface area (Å²) in [7, 11) is 1.63. The third-order valence-electron chi connectivity index (χ3n) is 5.27. The molecule has 2 amide bonds. The standard InChI is InChI=1S/C21H27N3O3/c1-13-5-6-18-17(9-13)20(14(2)15(3)23-18)21(26)22-11-16-10-19(25)24(12-16)7-8-27-4/h5-6,9,16H,7-8,10-12H2,1-4H3,(H,22,26)/t16-/m1/s1. The normalized spacial score (nSPS) is 17.0. The predicted molar refractivity (Wildman–Crippen MR) is 105 cm³/mol. The Morgan fingerprint density at radius 2 is 2.11 bits per heavy atom. The van der Waals surface area contributed by atoms with E-state index >= 15 is 0 Å². The molecule has 144 valence electrons. The van der Waals surface area contributed by atoms with E-state index in [1.54, 1.807) is 12.0 Å². The van der Waals surface area contributed by atoms with E-state index in [1.165, 1.54) is 0 Å². The number of carbonyl (C=O) groups excluding carboxylic acids is 2. The van der Waals surface area contributed by atoms with Crippen LogP contribution in [0.15, 0.2) is 18.2 Å². The number of likely N-dealkylation sites (tertiary alicyclic amines) is 1. The van der Waals surface area contributed by atoms with E-state index in [9.17, 15) is 9.59 Å². The van der Waals surface area contributed by atoms with Crippen LogP contribution in [-0.4, -0.2) is 55.0 Å². The molecule has 6 nitrogen and oxygen atoms in total. The van der Waals surface area contributed by atoms with Crippen molar-refractivity contribution in [1.82, 2.24) is 15.2 Å². The van der Waals surface area contributed by atoms with Gasteiger partial charge in [0.15, 0.2) is 0 Å². The Morgan fingerprint density at radius 1 is 1.33 bits per heavy atom. The first-order chi connectivity index (χ1) is 12.9. The lowest BCUT2D eigenvalue weighted by Crippen LogP contribution is -2.33. The van der Waals surface area contributed by atoms with Gasteiger partial charge in [-0.15, -0.1) is 0 Å². The number of hydrogen-bond donors (Lipinski definition) is 1. The third kappa shape index (κ3) is 4.11. The fourth-order valence-corrected chi connectivity index (χ4v) is 3.62. The summed E-state index contributed by atoms with van der Waals surface area (Å²) in [6.07, 6.45) is 0.470. The van der Waals surface area contributed by atoms with E-state index in [-0.39, 0.29) is 17.7 Å². The summed E-state index contributed by atoms with van der Waals surface area (Å²) in [5.41, 5.74) is 4.36. The number of nitrogens with zero attached hydrogens (tertiary/aromatic N) is 2. The van der Waals surface area contributed by atoms with Crippen molar-refractivity contribution in [1.29, 1.82) is 0 Å². The van der Waals surface area contributed by atoms with Gasteiger partial charge >= 0.3 is 0 Å². The second-order valence-corrected chi connectivity index (χ2v) is 7.33. The molecule has 6 heteroatoms. The zero-order chi connectivity index (χ0) is 19.6. The van der Waals surface area contributed by atoms with E-state index in [4.69, 9.17) is 4.74 Å². The maximum absolute atomic E-state index is 13.0.